The molecular weight excluding hydrogens is 408 g/mol. The van der Waals surface area contributed by atoms with E-state index in [9.17, 15) is 9.90 Å². The molecule has 0 heterocycles. The summed E-state index contributed by atoms with van der Waals surface area (Å²) in [6.07, 6.45) is 19.7. The van der Waals surface area contributed by atoms with Crippen molar-refractivity contribution in [2.24, 2.45) is 0 Å². The van der Waals surface area contributed by atoms with E-state index in [2.05, 4.69) is 27.7 Å². The zero-order valence-electron chi connectivity index (χ0n) is 22.4. The molecule has 0 saturated carbocycles. The first-order valence-electron chi connectivity index (χ1n) is 13.7. The normalized spacial score (nSPS) is 11.7. The van der Waals surface area contributed by atoms with Gasteiger partial charge in [-0.1, -0.05) is 123 Å². The van der Waals surface area contributed by atoms with Crippen molar-refractivity contribution in [3.63, 3.8) is 0 Å². The Morgan fingerprint density at radius 3 is 1.79 bits per heavy atom. The standard InChI is InChI=1S/C30H52O3/c1-6-7-8-9-10-11-12-13-14-15-16-17-18-19-22-33-28(31)21-20-26-23-25(2)29(32)27(24-26)30(3,4)5/h23-24,32H,6-22H2,1-5H3. The quantitative estimate of drug-likeness (QED) is 0.176. The van der Waals surface area contributed by atoms with E-state index in [4.69, 9.17) is 4.74 Å². The molecule has 0 aromatic heterocycles. The van der Waals surface area contributed by atoms with Crippen LogP contribution < -0.4 is 0 Å². The Balaban J connectivity index is 2.03. The molecule has 0 amide bonds. The van der Waals surface area contributed by atoms with E-state index in [-0.39, 0.29) is 11.4 Å². The molecule has 3 heteroatoms. The number of aromatic hydroxyl groups is 1. The second-order valence-corrected chi connectivity index (χ2v) is 10.9. The molecule has 0 spiro atoms. The summed E-state index contributed by atoms with van der Waals surface area (Å²) in [5.41, 5.74) is 2.77. The van der Waals surface area contributed by atoms with E-state index in [0.29, 0.717) is 25.2 Å². The minimum atomic E-state index is -0.126. The fraction of sp³-hybridized carbons (Fsp3) is 0.767. The number of aryl methyl sites for hydroxylation is 2. The Morgan fingerprint density at radius 1 is 0.818 bits per heavy atom. The fourth-order valence-corrected chi connectivity index (χ4v) is 4.37. The van der Waals surface area contributed by atoms with Crippen LogP contribution in [0.25, 0.3) is 0 Å². The highest BCUT2D eigenvalue weighted by molar-refractivity contribution is 5.69. The van der Waals surface area contributed by atoms with Crippen LogP contribution in [-0.2, 0) is 21.4 Å². The van der Waals surface area contributed by atoms with Crippen LogP contribution >= 0.6 is 0 Å². The van der Waals surface area contributed by atoms with Gasteiger partial charge in [0.1, 0.15) is 5.75 Å². The highest BCUT2D eigenvalue weighted by Crippen LogP contribution is 2.34. The molecule has 33 heavy (non-hydrogen) atoms. The van der Waals surface area contributed by atoms with Crippen LogP contribution in [0.1, 0.15) is 141 Å². The number of benzene rings is 1. The molecule has 1 rings (SSSR count). The number of hydrogen-bond donors (Lipinski definition) is 1. The van der Waals surface area contributed by atoms with Gasteiger partial charge in [0.05, 0.1) is 6.61 Å². The molecule has 0 fully saturated rings. The summed E-state index contributed by atoms with van der Waals surface area (Å²) in [5, 5.41) is 10.3. The van der Waals surface area contributed by atoms with Gasteiger partial charge in [0.15, 0.2) is 0 Å². The molecule has 0 atom stereocenters. The topological polar surface area (TPSA) is 46.5 Å². The molecule has 0 aliphatic carbocycles. The van der Waals surface area contributed by atoms with E-state index in [1.54, 1.807) is 0 Å². The smallest absolute Gasteiger partial charge is 0.306 e. The van der Waals surface area contributed by atoms with Gasteiger partial charge in [0, 0.05) is 6.42 Å². The first-order valence-corrected chi connectivity index (χ1v) is 13.7. The lowest BCUT2D eigenvalue weighted by atomic mass is 9.83. The first-order chi connectivity index (χ1) is 15.8. The highest BCUT2D eigenvalue weighted by Gasteiger charge is 2.20. The van der Waals surface area contributed by atoms with Gasteiger partial charge in [-0.25, -0.2) is 0 Å². The minimum absolute atomic E-state index is 0.118. The van der Waals surface area contributed by atoms with Crippen LogP contribution in [0.5, 0.6) is 5.75 Å². The number of phenolic OH excluding ortho intramolecular Hbond substituents is 1. The van der Waals surface area contributed by atoms with Crippen molar-refractivity contribution < 1.29 is 14.6 Å². The number of esters is 1. The number of ether oxygens (including phenoxy) is 1. The molecule has 0 bridgehead atoms. The lowest BCUT2D eigenvalue weighted by Gasteiger charge is -2.22. The van der Waals surface area contributed by atoms with E-state index >= 15 is 0 Å². The van der Waals surface area contributed by atoms with Crippen LogP contribution in [0.4, 0.5) is 0 Å². The van der Waals surface area contributed by atoms with E-state index in [1.807, 2.05) is 19.1 Å². The summed E-state index contributed by atoms with van der Waals surface area (Å²) in [6, 6.07) is 4.01. The molecular formula is C30H52O3. The van der Waals surface area contributed by atoms with Crippen LogP contribution in [0, 0.1) is 6.92 Å². The third-order valence-electron chi connectivity index (χ3n) is 6.55. The van der Waals surface area contributed by atoms with Crippen LogP contribution in [-0.4, -0.2) is 17.7 Å². The number of unbranched alkanes of at least 4 members (excludes halogenated alkanes) is 13. The van der Waals surface area contributed by atoms with Crippen molar-refractivity contribution in [1.82, 2.24) is 0 Å². The predicted molar refractivity (Wildman–Crippen MR) is 141 cm³/mol. The maximum Gasteiger partial charge on any atom is 0.306 e. The van der Waals surface area contributed by atoms with E-state index in [0.717, 1.165) is 29.5 Å². The zero-order valence-corrected chi connectivity index (χ0v) is 22.4. The second-order valence-electron chi connectivity index (χ2n) is 10.9. The van der Waals surface area contributed by atoms with Gasteiger partial charge in [-0.2, -0.15) is 0 Å². The third-order valence-corrected chi connectivity index (χ3v) is 6.55. The number of phenols is 1. The van der Waals surface area contributed by atoms with Gasteiger partial charge in [-0.15, -0.1) is 0 Å². The monoisotopic (exact) mass is 460 g/mol. The molecule has 0 aliphatic rings. The van der Waals surface area contributed by atoms with E-state index < -0.39 is 0 Å². The van der Waals surface area contributed by atoms with Gasteiger partial charge in [-0.3, -0.25) is 4.79 Å². The first kappa shape index (κ1) is 29.5. The molecule has 0 saturated heterocycles. The molecule has 0 aliphatic heterocycles. The summed E-state index contributed by atoms with van der Waals surface area (Å²) in [6.45, 7) is 11.0. The van der Waals surface area contributed by atoms with Crippen molar-refractivity contribution in [2.75, 3.05) is 6.61 Å². The minimum Gasteiger partial charge on any atom is -0.507 e. The van der Waals surface area contributed by atoms with Gasteiger partial charge >= 0.3 is 5.97 Å². The lowest BCUT2D eigenvalue weighted by molar-refractivity contribution is -0.143. The molecule has 1 N–H and O–H groups in total. The third kappa shape index (κ3) is 13.7. The average molecular weight is 461 g/mol. The highest BCUT2D eigenvalue weighted by atomic mass is 16.5. The average Bonchev–Trinajstić information content (AvgIpc) is 2.76. The fourth-order valence-electron chi connectivity index (χ4n) is 4.37. The number of carbonyl (C=O) groups is 1. The van der Waals surface area contributed by atoms with E-state index in [1.165, 1.54) is 77.0 Å². The zero-order chi connectivity index (χ0) is 24.5. The summed E-state index contributed by atoms with van der Waals surface area (Å²) in [5.74, 6) is 0.249. The van der Waals surface area contributed by atoms with Crippen molar-refractivity contribution in [1.29, 1.82) is 0 Å². The van der Waals surface area contributed by atoms with Crippen molar-refractivity contribution in [3.8, 4) is 5.75 Å². The van der Waals surface area contributed by atoms with Crippen LogP contribution in [0.2, 0.25) is 0 Å². The van der Waals surface area contributed by atoms with Gasteiger partial charge in [-0.05, 0) is 41.9 Å². The largest absolute Gasteiger partial charge is 0.507 e. The molecule has 1 aromatic rings. The molecule has 0 unspecified atom stereocenters. The predicted octanol–water partition coefficient (Wildman–Crippen LogP) is 8.96. The Kier molecular flexibility index (Phi) is 15.2. The van der Waals surface area contributed by atoms with Gasteiger partial charge in [0.25, 0.3) is 0 Å². The number of carbonyl (C=O) groups excluding carboxylic acids is 1. The number of rotatable bonds is 18. The Bertz CT molecular complexity index is 657. The van der Waals surface area contributed by atoms with Crippen molar-refractivity contribution >= 4 is 5.97 Å². The second kappa shape index (κ2) is 17.0. The Hall–Kier alpha value is -1.51. The lowest BCUT2D eigenvalue weighted by Crippen LogP contribution is -2.13. The maximum absolute atomic E-state index is 12.1. The SMILES string of the molecule is CCCCCCCCCCCCCCCCOC(=O)CCc1cc(C)c(O)c(C(C)(C)C)c1. The Morgan fingerprint density at radius 2 is 1.30 bits per heavy atom. The van der Waals surface area contributed by atoms with Gasteiger partial charge in [0.2, 0.25) is 0 Å². The maximum atomic E-state index is 12.1. The van der Waals surface area contributed by atoms with Crippen molar-refractivity contribution in [3.05, 3.63) is 28.8 Å². The summed E-state index contributed by atoms with van der Waals surface area (Å²) in [4.78, 5) is 12.1. The molecule has 0 radical (unpaired) electrons. The Labute approximate surface area is 204 Å². The molecule has 1 aromatic carbocycles. The van der Waals surface area contributed by atoms with Crippen molar-refractivity contribution in [2.45, 2.75) is 143 Å². The molecule has 190 valence electrons. The molecule has 3 nitrogen and oxygen atoms in total. The summed E-state index contributed by atoms with van der Waals surface area (Å²) < 4.78 is 5.43. The summed E-state index contributed by atoms with van der Waals surface area (Å²) >= 11 is 0. The number of hydrogen-bond acceptors (Lipinski definition) is 3. The summed E-state index contributed by atoms with van der Waals surface area (Å²) in [7, 11) is 0. The van der Waals surface area contributed by atoms with Crippen LogP contribution in [0.15, 0.2) is 12.1 Å². The van der Waals surface area contributed by atoms with Gasteiger partial charge < -0.3 is 9.84 Å². The van der Waals surface area contributed by atoms with Crippen LogP contribution in [0.3, 0.4) is 0 Å².